The summed E-state index contributed by atoms with van der Waals surface area (Å²) in [5.74, 6) is 1.56. The fourth-order valence-corrected chi connectivity index (χ4v) is 2.98. The second-order valence-electron chi connectivity index (χ2n) is 5.55. The van der Waals surface area contributed by atoms with Crippen molar-refractivity contribution in [1.29, 1.82) is 0 Å². The highest BCUT2D eigenvalue weighted by Gasteiger charge is 2.20. The van der Waals surface area contributed by atoms with E-state index in [1.54, 1.807) is 14.2 Å². The van der Waals surface area contributed by atoms with Crippen LogP contribution in [0.2, 0.25) is 0 Å². The Morgan fingerprint density at radius 1 is 1.35 bits per heavy atom. The molecular weight excluding hydrogens is 252 g/mol. The molecule has 0 radical (unpaired) electrons. The minimum absolute atomic E-state index is 0.517. The highest BCUT2D eigenvalue weighted by molar-refractivity contribution is 5.37. The molecule has 0 spiro atoms. The van der Waals surface area contributed by atoms with E-state index in [1.807, 2.05) is 0 Å². The van der Waals surface area contributed by atoms with Gasteiger partial charge in [0.05, 0.1) is 13.7 Å². The van der Waals surface area contributed by atoms with Gasteiger partial charge < -0.3 is 15.2 Å². The average molecular weight is 278 g/mol. The van der Waals surface area contributed by atoms with Crippen molar-refractivity contribution in [1.82, 2.24) is 4.90 Å². The molecule has 1 fully saturated rings. The van der Waals surface area contributed by atoms with Crippen LogP contribution in [0.3, 0.4) is 0 Å². The van der Waals surface area contributed by atoms with Crippen molar-refractivity contribution in [3.05, 3.63) is 29.3 Å². The van der Waals surface area contributed by atoms with Gasteiger partial charge >= 0.3 is 0 Å². The van der Waals surface area contributed by atoms with E-state index in [9.17, 15) is 0 Å². The van der Waals surface area contributed by atoms with Crippen molar-refractivity contribution < 1.29 is 9.47 Å². The van der Waals surface area contributed by atoms with Gasteiger partial charge in [-0.1, -0.05) is 12.1 Å². The van der Waals surface area contributed by atoms with Crippen LogP contribution in [-0.4, -0.2) is 38.8 Å². The van der Waals surface area contributed by atoms with Crippen LogP contribution in [0.15, 0.2) is 18.2 Å². The molecular formula is C16H26N2O2. The molecule has 1 aliphatic heterocycles. The number of ether oxygens (including phenoxy) is 2. The number of nitrogens with zero attached hydrogens (tertiary/aromatic N) is 1. The third-order valence-electron chi connectivity index (χ3n) is 3.98. The summed E-state index contributed by atoms with van der Waals surface area (Å²) in [7, 11) is 3.49. The zero-order valence-electron chi connectivity index (χ0n) is 12.6. The lowest BCUT2D eigenvalue weighted by Gasteiger charge is -2.32. The predicted octanol–water partition coefficient (Wildman–Crippen LogP) is 2.01. The molecule has 1 aliphatic rings. The fraction of sp³-hybridized carbons (Fsp3) is 0.625. The summed E-state index contributed by atoms with van der Waals surface area (Å²) < 4.78 is 10.7. The third kappa shape index (κ3) is 3.95. The highest BCUT2D eigenvalue weighted by atomic mass is 16.5. The van der Waals surface area contributed by atoms with Crippen LogP contribution < -0.4 is 10.5 Å². The topological polar surface area (TPSA) is 47.7 Å². The smallest absolute Gasteiger partial charge is 0.123 e. The summed E-state index contributed by atoms with van der Waals surface area (Å²) >= 11 is 0. The third-order valence-corrected chi connectivity index (χ3v) is 3.98. The Balaban J connectivity index is 1.98. The Morgan fingerprint density at radius 3 is 2.90 bits per heavy atom. The van der Waals surface area contributed by atoms with E-state index in [2.05, 4.69) is 23.1 Å². The quantitative estimate of drug-likeness (QED) is 0.865. The van der Waals surface area contributed by atoms with Crippen LogP contribution in [0.25, 0.3) is 0 Å². The number of rotatable bonds is 6. The van der Waals surface area contributed by atoms with E-state index in [0.717, 1.165) is 31.0 Å². The Kier molecular flexibility index (Phi) is 5.83. The summed E-state index contributed by atoms with van der Waals surface area (Å²) in [5, 5.41) is 0. The van der Waals surface area contributed by atoms with Crippen molar-refractivity contribution >= 4 is 0 Å². The largest absolute Gasteiger partial charge is 0.496 e. The number of benzene rings is 1. The van der Waals surface area contributed by atoms with Crippen LogP contribution in [0.4, 0.5) is 0 Å². The van der Waals surface area contributed by atoms with Gasteiger partial charge in [-0.3, -0.25) is 4.90 Å². The van der Waals surface area contributed by atoms with Crippen LogP contribution in [0.5, 0.6) is 5.75 Å². The van der Waals surface area contributed by atoms with Crippen LogP contribution in [0.1, 0.15) is 24.0 Å². The van der Waals surface area contributed by atoms with Gasteiger partial charge in [0.25, 0.3) is 0 Å². The number of methoxy groups -OCH3 is 2. The first-order valence-electron chi connectivity index (χ1n) is 7.34. The predicted molar refractivity (Wildman–Crippen MR) is 80.8 cm³/mol. The van der Waals surface area contributed by atoms with E-state index in [1.165, 1.54) is 24.9 Å². The van der Waals surface area contributed by atoms with E-state index in [0.29, 0.717) is 12.5 Å². The first-order chi connectivity index (χ1) is 9.76. The number of likely N-dealkylation sites (tertiary alicyclic amines) is 1. The average Bonchev–Trinajstić information content (AvgIpc) is 2.48. The molecule has 0 aliphatic carbocycles. The molecule has 0 saturated carbocycles. The summed E-state index contributed by atoms with van der Waals surface area (Å²) in [6.45, 7) is 4.65. The molecule has 2 N–H and O–H groups in total. The molecule has 1 unspecified atom stereocenters. The van der Waals surface area contributed by atoms with Gasteiger partial charge in [0, 0.05) is 32.3 Å². The monoisotopic (exact) mass is 278 g/mol. The second-order valence-corrected chi connectivity index (χ2v) is 5.55. The number of hydrogen-bond acceptors (Lipinski definition) is 4. The standard InChI is InChI=1S/C16H26N2O2/c1-19-12-14-4-3-7-18(11-14)10-13-5-6-15(9-17)16(8-13)20-2/h5-6,8,14H,3-4,7,9-12,17H2,1-2H3. The molecule has 4 nitrogen and oxygen atoms in total. The fourth-order valence-electron chi connectivity index (χ4n) is 2.98. The summed E-state index contributed by atoms with van der Waals surface area (Å²) in [5.41, 5.74) is 8.06. The first-order valence-corrected chi connectivity index (χ1v) is 7.34. The minimum atomic E-state index is 0.517. The molecule has 112 valence electrons. The van der Waals surface area contributed by atoms with Gasteiger partial charge in [-0.2, -0.15) is 0 Å². The molecule has 0 aromatic heterocycles. The lowest BCUT2D eigenvalue weighted by Crippen LogP contribution is -2.36. The molecule has 1 atom stereocenters. The number of nitrogens with two attached hydrogens (primary N) is 1. The summed E-state index contributed by atoms with van der Waals surface area (Å²) in [6.07, 6.45) is 2.53. The van der Waals surface area contributed by atoms with Crippen molar-refractivity contribution in [2.45, 2.75) is 25.9 Å². The van der Waals surface area contributed by atoms with Gasteiger partial charge in [0.15, 0.2) is 0 Å². The zero-order valence-corrected chi connectivity index (χ0v) is 12.6. The molecule has 1 saturated heterocycles. The van der Waals surface area contributed by atoms with Gasteiger partial charge in [0.2, 0.25) is 0 Å². The lowest BCUT2D eigenvalue weighted by molar-refractivity contribution is 0.0873. The molecule has 4 heteroatoms. The Bertz CT molecular complexity index is 421. The van der Waals surface area contributed by atoms with Crippen LogP contribution >= 0.6 is 0 Å². The van der Waals surface area contributed by atoms with E-state index >= 15 is 0 Å². The van der Waals surface area contributed by atoms with E-state index in [4.69, 9.17) is 15.2 Å². The maximum atomic E-state index is 5.71. The molecule has 20 heavy (non-hydrogen) atoms. The molecule has 0 amide bonds. The molecule has 1 aromatic carbocycles. The zero-order chi connectivity index (χ0) is 14.4. The Labute approximate surface area is 121 Å². The van der Waals surface area contributed by atoms with E-state index in [-0.39, 0.29) is 0 Å². The van der Waals surface area contributed by atoms with Crippen molar-refractivity contribution in [2.75, 3.05) is 33.9 Å². The summed E-state index contributed by atoms with van der Waals surface area (Å²) in [4.78, 5) is 2.50. The maximum absolute atomic E-state index is 5.71. The van der Waals surface area contributed by atoms with Crippen molar-refractivity contribution in [3.8, 4) is 5.75 Å². The number of piperidine rings is 1. The Hall–Kier alpha value is -1.10. The normalized spacial score (nSPS) is 20.1. The van der Waals surface area contributed by atoms with Gasteiger partial charge in [-0.25, -0.2) is 0 Å². The van der Waals surface area contributed by atoms with Gasteiger partial charge in [-0.05, 0) is 36.9 Å². The number of hydrogen-bond donors (Lipinski definition) is 1. The van der Waals surface area contributed by atoms with Crippen molar-refractivity contribution in [3.63, 3.8) is 0 Å². The van der Waals surface area contributed by atoms with Crippen LogP contribution in [0, 0.1) is 5.92 Å². The SMILES string of the molecule is COCC1CCCN(Cc2ccc(CN)c(OC)c2)C1. The van der Waals surface area contributed by atoms with E-state index < -0.39 is 0 Å². The lowest BCUT2D eigenvalue weighted by atomic mass is 9.98. The highest BCUT2D eigenvalue weighted by Crippen LogP contribution is 2.23. The molecule has 1 aromatic rings. The molecule has 2 rings (SSSR count). The molecule has 0 bridgehead atoms. The van der Waals surface area contributed by atoms with Gasteiger partial charge in [0.1, 0.15) is 5.75 Å². The minimum Gasteiger partial charge on any atom is -0.496 e. The van der Waals surface area contributed by atoms with Gasteiger partial charge in [-0.15, -0.1) is 0 Å². The maximum Gasteiger partial charge on any atom is 0.123 e. The Morgan fingerprint density at radius 2 is 2.20 bits per heavy atom. The molecule has 1 heterocycles. The van der Waals surface area contributed by atoms with Crippen molar-refractivity contribution in [2.24, 2.45) is 11.7 Å². The summed E-state index contributed by atoms with van der Waals surface area (Å²) in [6, 6.07) is 6.34. The van der Waals surface area contributed by atoms with Crippen LogP contribution in [-0.2, 0) is 17.8 Å². The second kappa shape index (κ2) is 7.62. The first kappa shape index (κ1) is 15.3.